The Morgan fingerprint density at radius 3 is 2.53 bits per heavy atom. The molecule has 1 heterocycles. The Bertz CT molecular complexity index is 403. The summed E-state index contributed by atoms with van der Waals surface area (Å²) >= 11 is 0. The Balaban J connectivity index is 1.92. The summed E-state index contributed by atoms with van der Waals surface area (Å²) in [5.41, 5.74) is 0. The van der Waals surface area contributed by atoms with Crippen molar-refractivity contribution in [3.63, 3.8) is 0 Å². The lowest BCUT2D eigenvalue weighted by Gasteiger charge is -2.33. The zero-order valence-corrected chi connectivity index (χ0v) is 10.5. The molecule has 2 rings (SSSR count). The van der Waals surface area contributed by atoms with Gasteiger partial charge in [0.15, 0.2) is 0 Å². The van der Waals surface area contributed by atoms with Crippen molar-refractivity contribution in [1.29, 1.82) is 0 Å². The number of halogens is 3. The third kappa shape index (κ3) is 3.73. The third-order valence-corrected chi connectivity index (χ3v) is 3.60. The molecule has 3 nitrogen and oxygen atoms in total. The molecule has 1 aromatic rings. The summed E-state index contributed by atoms with van der Waals surface area (Å²) in [6.07, 6.45) is -1.95. The van der Waals surface area contributed by atoms with Gasteiger partial charge in [0.25, 0.3) is 0 Å². The molecule has 1 aromatic heterocycles. The quantitative estimate of drug-likeness (QED) is 0.889. The topological polar surface area (TPSA) is 45.4 Å². The SMILES string of the molecule is OCc1ccc(CNC2CCCCC2C(F)(F)F)o1. The van der Waals surface area contributed by atoms with Crippen LogP contribution in [0.4, 0.5) is 13.2 Å². The summed E-state index contributed by atoms with van der Waals surface area (Å²) in [5, 5.41) is 11.8. The Labute approximate surface area is 109 Å². The Kier molecular flexibility index (Phi) is 4.52. The average Bonchev–Trinajstić information content (AvgIpc) is 2.83. The van der Waals surface area contributed by atoms with Crippen molar-refractivity contribution in [2.45, 2.75) is 51.1 Å². The lowest BCUT2D eigenvalue weighted by atomic mass is 9.84. The van der Waals surface area contributed by atoms with E-state index in [9.17, 15) is 13.2 Å². The van der Waals surface area contributed by atoms with Crippen LogP contribution in [-0.4, -0.2) is 17.3 Å². The van der Waals surface area contributed by atoms with Gasteiger partial charge in [0.2, 0.25) is 0 Å². The van der Waals surface area contributed by atoms with E-state index in [1.54, 1.807) is 12.1 Å². The smallest absolute Gasteiger partial charge is 0.393 e. The molecule has 1 saturated carbocycles. The first-order chi connectivity index (χ1) is 9.00. The first-order valence-electron chi connectivity index (χ1n) is 6.49. The predicted molar refractivity (Wildman–Crippen MR) is 63.3 cm³/mol. The second-order valence-corrected chi connectivity index (χ2v) is 4.95. The number of aliphatic hydroxyl groups is 1. The molecule has 1 aliphatic rings. The first kappa shape index (κ1) is 14.4. The van der Waals surface area contributed by atoms with Crippen LogP contribution < -0.4 is 5.32 Å². The van der Waals surface area contributed by atoms with Crippen LogP contribution in [0.15, 0.2) is 16.5 Å². The highest BCUT2D eigenvalue weighted by atomic mass is 19.4. The number of nitrogens with one attached hydrogen (secondary N) is 1. The lowest BCUT2D eigenvalue weighted by molar-refractivity contribution is -0.189. The maximum Gasteiger partial charge on any atom is 0.393 e. The molecule has 0 aromatic carbocycles. The van der Waals surface area contributed by atoms with Gasteiger partial charge in [0.05, 0.1) is 12.5 Å². The highest BCUT2D eigenvalue weighted by molar-refractivity contribution is 5.06. The zero-order chi connectivity index (χ0) is 13.9. The Hall–Kier alpha value is -1.01. The molecule has 2 N–H and O–H groups in total. The molecule has 6 heteroatoms. The summed E-state index contributed by atoms with van der Waals surface area (Å²) in [4.78, 5) is 0. The van der Waals surface area contributed by atoms with Crippen LogP contribution in [0.2, 0.25) is 0 Å². The van der Waals surface area contributed by atoms with Crippen molar-refractivity contribution in [3.05, 3.63) is 23.7 Å². The fourth-order valence-corrected chi connectivity index (χ4v) is 2.60. The zero-order valence-electron chi connectivity index (χ0n) is 10.5. The largest absolute Gasteiger partial charge is 0.462 e. The maximum absolute atomic E-state index is 12.9. The van der Waals surface area contributed by atoms with E-state index in [0.29, 0.717) is 24.4 Å². The molecule has 19 heavy (non-hydrogen) atoms. The van der Waals surface area contributed by atoms with Gasteiger partial charge >= 0.3 is 6.18 Å². The van der Waals surface area contributed by atoms with Crippen molar-refractivity contribution in [2.24, 2.45) is 5.92 Å². The fraction of sp³-hybridized carbons (Fsp3) is 0.692. The Morgan fingerprint density at radius 2 is 1.89 bits per heavy atom. The summed E-state index contributed by atoms with van der Waals surface area (Å²) < 4.78 is 43.9. The molecule has 1 fully saturated rings. The van der Waals surface area contributed by atoms with Crippen LogP contribution in [0.1, 0.15) is 37.2 Å². The molecule has 0 spiro atoms. The molecule has 0 radical (unpaired) electrons. The number of furan rings is 1. The van der Waals surface area contributed by atoms with Crippen LogP contribution in [0.5, 0.6) is 0 Å². The second kappa shape index (κ2) is 5.96. The summed E-state index contributed by atoms with van der Waals surface area (Å²) in [7, 11) is 0. The second-order valence-electron chi connectivity index (χ2n) is 4.95. The first-order valence-corrected chi connectivity index (χ1v) is 6.49. The van der Waals surface area contributed by atoms with E-state index >= 15 is 0 Å². The van der Waals surface area contributed by atoms with Gasteiger partial charge in [-0.3, -0.25) is 0 Å². The average molecular weight is 277 g/mol. The number of hydrogen-bond donors (Lipinski definition) is 2. The van der Waals surface area contributed by atoms with E-state index in [-0.39, 0.29) is 19.6 Å². The van der Waals surface area contributed by atoms with Crippen molar-refractivity contribution in [3.8, 4) is 0 Å². The van der Waals surface area contributed by atoms with Gasteiger partial charge in [-0.05, 0) is 25.0 Å². The third-order valence-electron chi connectivity index (χ3n) is 3.60. The number of alkyl halides is 3. The van der Waals surface area contributed by atoms with E-state index < -0.39 is 18.1 Å². The highest BCUT2D eigenvalue weighted by Gasteiger charge is 2.45. The Morgan fingerprint density at radius 1 is 1.21 bits per heavy atom. The lowest BCUT2D eigenvalue weighted by Crippen LogP contribution is -2.45. The molecular weight excluding hydrogens is 259 g/mol. The molecule has 0 aliphatic heterocycles. The predicted octanol–water partition coefficient (Wildman–Crippen LogP) is 2.98. The van der Waals surface area contributed by atoms with E-state index in [0.717, 1.165) is 6.42 Å². The van der Waals surface area contributed by atoms with Crippen molar-refractivity contribution in [2.75, 3.05) is 0 Å². The van der Waals surface area contributed by atoms with Crippen molar-refractivity contribution < 1.29 is 22.7 Å². The summed E-state index contributed by atoms with van der Waals surface area (Å²) in [6, 6.07) is 2.75. The van der Waals surface area contributed by atoms with E-state index in [4.69, 9.17) is 9.52 Å². The maximum atomic E-state index is 12.9. The van der Waals surface area contributed by atoms with Crippen LogP contribution in [0.25, 0.3) is 0 Å². The molecule has 0 saturated heterocycles. The van der Waals surface area contributed by atoms with E-state index in [1.165, 1.54) is 0 Å². The number of aliphatic hydroxyl groups excluding tert-OH is 1. The van der Waals surface area contributed by atoms with Crippen LogP contribution in [0.3, 0.4) is 0 Å². The highest BCUT2D eigenvalue weighted by Crippen LogP contribution is 2.37. The molecule has 108 valence electrons. The molecule has 1 aliphatic carbocycles. The van der Waals surface area contributed by atoms with E-state index in [1.807, 2.05) is 0 Å². The monoisotopic (exact) mass is 277 g/mol. The van der Waals surface area contributed by atoms with Gasteiger partial charge in [-0.25, -0.2) is 0 Å². The number of hydrogen-bond acceptors (Lipinski definition) is 3. The van der Waals surface area contributed by atoms with E-state index in [2.05, 4.69) is 5.32 Å². The normalized spacial score (nSPS) is 24.6. The standard InChI is InChI=1S/C13H18F3NO2/c14-13(15,16)11-3-1-2-4-12(11)17-7-9-5-6-10(8-18)19-9/h5-6,11-12,17-18H,1-4,7-8H2. The van der Waals surface area contributed by atoms with Gasteiger partial charge in [0.1, 0.15) is 18.1 Å². The minimum atomic E-state index is -4.14. The molecule has 2 unspecified atom stereocenters. The minimum Gasteiger partial charge on any atom is -0.462 e. The molecule has 2 atom stereocenters. The van der Waals surface area contributed by atoms with Gasteiger partial charge < -0.3 is 14.8 Å². The summed E-state index contributed by atoms with van der Waals surface area (Å²) in [6.45, 7) is 0.0614. The molecular formula is C13H18F3NO2. The minimum absolute atomic E-state index is 0.196. The number of rotatable bonds is 4. The molecule has 0 amide bonds. The van der Waals surface area contributed by atoms with Crippen LogP contribution >= 0.6 is 0 Å². The van der Waals surface area contributed by atoms with Gasteiger partial charge in [-0.1, -0.05) is 12.8 Å². The van der Waals surface area contributed by atoms with Gasteiger partial charge in [-0.2, -0.15) is 13.2 Å². The van der Waals surface area contributed by atoms with Crippen LogP contribution in [0, 0.1) is 5.92 Å². The molecule has 0 bridgehead atoms. The van der Waals surface area contributed by atoms with Gasteiger partial charge in [0, 0.05) is 6.04 Å². The fourth-order valence-electron chi connectivity index (χ4n) is 2.60. The van der Waals surface area contributed by atoms with Gasteiger partial charge in [-0.15, -0.1) is 0 Å². The van der Waals surface area contributed by atoms with Crippen LogP contribution in [-0.2, 0) is 13.2 Å². The van der Waals surface area contributed by atoms with Crippen molar-refractivity contribution in [1.82, 2.24) is 5.32 Å². The van der Waals surface area contributed by atoms with Crippen molar-refractivity contribution >= 4 is 0 Å². The summed E-state index contributed by atoms with van der Waals surface area (Å²) in [5.74, 6) is -0.295.